The van der Waals surface area contributed by atoms with Crippen LogP contribution in [0.15, 0.2) is 78.9 Å². The molecule has 0 radical (unpaired) electrons. The summed E-state index contributed by atoms with van der Waals surface area (Å²) in [5.74, 6) is -1.51. The normalized spacial score (nSPS) is 14.0. The zero-order chi connectivity index (χ0) is 24.8. The summed E-state index contributed by atoms with van der Waals surface area (Å²) in [6, 6.07) is 23.7. The van der Waals surface area contributed by atoms with Gasteiger partial charge in [0.15, 0.2) is 9.84 Å². The van der Waals surface area contributed by atoms with Crippen molar-refractivity contribution in [1.82, 2.24) is 4.90 Å². The Kier molecular flexibility index (Phi) is 7.51. The second kappa shape index (κ2) is 10.7. The number of hydrogen-bond donors (Lipinski definition) is 1. The van der Waals surface area contributed by atoms with E-state index in [4.69, 9.17) is 0 Å². The van der Waals surface area contributed by atoms with Crippen molar-refractivity contribution in [3.63, 3.8) is 0 Å². The number of para-hydroxylation sites is 1. The Bertz CT molecular complexity index is 1280. The molecule has 1 fully saturated rings. The molecule has 0 atom stereocenters. The largest absolute Gasteiger partial charge is 0.368 e. The maximum atomic E-state index is 12.9. The summed E-state index contributed by atoms with van der Waals surface area (Å²) >= 11 is 0. The van der Waals surface area contributed by atoms with E-state index in [0.717, 1.165) is 13.1 Å². The van der Waals surface area contributed by atoms with Gasteiger partial charge in [0.05, 0.1) is 5.75 Å². The molecule has 0 aliphatic carbocycles. The highest BCUT2D eigenvalue weighted by atomic mass is 32.2. The lowest BCUT2D eigenvalue weighted by Gasteiger charge is -2.36. The SMILES string of the molecule is Cc1cccc(N2CCN(C(=O)c3ccc(CS(=O)(=O)CC(=O)Nc4ccccc4)cc3)CC2)c1. The molecular formula is C27H29N3O4S. The number of rotatable bonds is 7. The lowest BCUT2D eigenvalue weighted by molar-refractivity contribution is -0.113. The molecule has 1 N–H and O–H groups in total. The van der Waals surface area contributed by atoms with Crippen LogP contribution in [-0.2, 0) is 20.4 Å². The van der Waals surface area contributed by atoms with Crippen LogP contribution in [0.2, 0.25) is 0 Å². The molecule has 4 rings (SSSR count). The molecule has 0 bridgehead atoms. The topological polar surface area (TPSA) is 86.8 Å². The van der Waals surface area contributed by atoms with Gasteiger partial charge in [0.1, 0.15) is 5.75 Å². The van der Waals surface area contributed by atoms with Crippen LogP contribution in [-0.4, -0.2) is 57.1 Å². The number of aryl methyl sites for hydroxylation is 1. The Morgan fingerprint density at radius 1 is 0.857 bits per heavy atom. The van der Waals surface area contributed by atoms with E-state index in [-0.39, 0.29) is 11.7 Å². The van der Waals surface area contributed by atoms with E-state index in [2.05, 4.69) is 35.3 Å². The molecular weight excluding hydrogens is 462 g/mol. The van der Waals surface area contributed by atoms with Crippen molar-refractivity contribution in [2.24, 2.45) is 0 Å². The number of piperazine rings is 1. The number of carbonyl (C=O) groups is 2. The summed E-state index contributed by atoms with van der Waals surface area (Å²) < 4.78 is 25.0. The maximum Gasteiger partial charge on any atom is 0.253 e. The highest BCUT2D eigenvalue weighted by molar-refractivity contribution is 7.91. The van der Waals surface area contributed by atoms with Crippen molar-refractivity contribution in [3.8, 4) is 0 Å². The predicted octanol–water partition coefficient (Wildman–Crippen LogP) is 3.51. The fourth-order valence-electron chi connectivity index (χ4n) is 4.14. The van der Waals surface area contributed by atoms with E-state index in [1.165, 1.54) is 11.3 Å². The van der Waals surface area contributed by atoms with Gasteiger partial charge in [-0.25, -0.2) is 8.42 Å². The predicted molar refractivity (Wildman–Crippen MR) is 138 cm³/mol. The summed E-state index contributed by atoms with van der Waals surface area (Å²) in [4.78, 5) is 29.2. The molecule has 1 aliphatic rings. The van der Waals surface area contributed by atoms with Crippen LogP contribution in [0.5, 0.6) is 0 Å². The number of amides is 2. The van der Waals surface area contributed by atoms with Gasteiger partial charge in [0.25, 0.3) is 5.91 Å². The number of nitrogens with zero attached hydrogens (tertiary/aromatic N) is 2. The quantitative estimate of drug-likeness (QED) is 0.547. The summed E-state index contributed by atoms with van der Waals surface area (Å²) in [6.45, 7) is 4.84. The number of nitrogens with one attached hydrogen (secondary N) is 1. The van der Waals surface area contributed by atoms with Gasteiger partial charge in [0.2, 0.25) is 5.91 Å². The molecule has 8 heteroatoms. The van der Waals surface area contributed by atoms with Crippen LogP contribution in [0, 0.1) is 6.92 Å². The number of anilines is 2. The molecule has 1 heterocycles. The van der Waals surface area contributed by atoms with E-state index in [0.29, 0.717) is 29.9 Å². The molecule has 3 aromatic rings. The van der Waals surface area contributed by atoms with Crippen LogP contribution in [0.1, 0.15) is 21.5 Å². The molecule has 2 amide bonds. The van der Waals surface area contributed by atoms with Crippen LogP contribution < -0.4 is 10.2 Å². The van der Waals surface area contributed by atoms with Crippen LogP contribution in [0.4, 0.5) is 11.4 Å². The van der Waals surface area contributed by atoms with Crippen molar-refractivity contribution < 1.29 is 18.0 Å². The fourth-order valence-corrected chi connectivity index (χ4v) is 5.42. The zero-order valence-corrected chi connectivity index (χ0v) is 20.5. The molecule has 3 aromatic carbocycles. The van der Waals surface area contributed by atoms with E-state index in [9.17, 15) is 18.0 Å². The summed E-state index contributed by atoms with van der Waals surface area (Å²) in [5.41, 5.74) is 3.99. The minimum absolute atomic E-state index is 0.0643. The molecule has 35 heavy (non-hydrogen) atoms. The van der Waals surface area contributed by atoms with Gasteiger partial charge in [0, 0.05) is 43.1 Å². The third kappa shape index (κ3) is 6.70. The van der Waals surface area contributed by atoms with Gasteiger partial charge in [-0.05, 0) is 54.4 Å². The average Bonchev–Trinajstić information content (AvgIpc) is 2.84. The molecule has 1 saturated heterocycles. The van der Waals surface area contributed by atoms with Gasteiger partial charge in [-0.1, -0.05) is 42.5 Å². The lowest BCUT2D eigenvalue weighted by atomic mass is 10.1. The van der Waals surface area contributed by atoms with E-state index in [1.54, 1.807) is 48.5 Å². The van der Waals surface area contributed by atoms with Crippen molar-refractivity contribution >= 4 is 33.0 Å². The van der Waals surface area contributed by atoms with Gasteiger partial charge in [-0.15, -0.1) is 0 Å². The average molecular weight is 492 g/mol. The van der Waals surface area contributed by atoms with Gasteiger partial charge in [-0.3, -0.25) is 9.59 Å². The maximum absolute atomic E-state index is 12.9. The van der Waals surface area contributed by atoms with Crippen molar-refractivity contribution in [2.45, 2.75) is 12.7 Å². The summed E-state index contributed by atoms with van der Waals surface area (Å²) in [5, 5.41) is 2.59. The standard InChI is InChI=1S/C27H29N3O4S/c1-21-6-5-9-25(18-21)29-14-16-30(17-15-29)27(32)23-12-10-22(11-13-23)19-35(33,34)20-26(31)28-24-7-3-2-4-8-24/h2-13,18H,14-17,19-20H2,1H3,(H,28,31). The molecule has 1 aliphatic heterocycles. The van der Waals surface area contributed by atoms with E-state index < -0.39 is 21.5 Å². The first-order valence-corrected chi connectivity index (χ1v) is 13.4. The molecule has 0 aromatic heterocycles. The van der Waals surface area contributed by atoms with E-state index in [1.807, 2.05) is 17.0 Å². The van der Waals surface area contributed by atoms with Gasteiger partial charge >= 0.3 is 0 Å². The second-order valence-corrected chi connectivity index (χ2v) is 10.8. The minimum Gasteiger partial charge on any atom is -0.368 e. The highest BCUT2D eigenvalue weighted by Crippen LogP contribution is 2.19. The first kappa shape index (κ1) is 24.5. The molecule has 7 nitrogen and oxygen atoms in total. The van der Waals surface area contributed by atoms with Crippen LogP contribution in [0.3, 0.4) is 0 Å². The highest BCUT2D eigenvalue weighted by Gasteiger charge is 2.23. The van der Waals surface area contributed by atoms with Crippen LogP contribution in [0.25, 0.3) is 0 Å². The molecule has 0 saturated carbocycles. The monoisotopic (exact) mass is 491 g/mol. The molecule has 182 valence electrons. The zero-order valence-electron chi connectivity index (χ0n) is 19.7. The minimum atomic E-state index is -3.66. The fraction of sp³-hybridized carbons (Fsp3) is 0.259. The Hall–Kier alpha value is -3.65. The van der Waals surface area contributed by atoms with Crippen LogP contribution >= 0.6 is 0 Å². The Morgan fingerprint density at radius 3 is 2.20 bits per heavy atom. The van der Waals surface area contributed by atoms with Gasteiger partial charge in [-0.2, -0.15) is 0 Å². The number of hydrogen-bond acceptors (Lipinski definition) is 5. The number of sulfone groups is 1. The smallest absolute Gasteiger partial charge is 0.253 e. The summed E-state index contributed by atoms with van der Waals surface area (Å²) in [6.07, 6.45) is 0. The van der Waals surface area contributed by atoms with Crippen molar-refractivity contribution in [2.75, 3.05) is 42.1 Å². The first-order valence-electron chi connectivity index (χ1n) is 11.5. The van der Waals surface area contributed by atoms with E-state index >= 15 is 0 Å². The Morgan fingerprint density at radius 2 is 1.54 bits per heavy atom. The third-order valence-corrected chi connectivity index (χ3v) is 7.40. The first-order chi connectivity index (χ1) is 16.8. The lowest BCUT2D eigenvalue weighted by Crippen LogP contribution is -2.48. The Balaban J connectivity index is 1.30. The van der Waals surface area contributed by atoms with Crippen molar-refractivity contribution in [3.05, 3.63) is 95.6 Å². The summed E-state index contributed by atoms with van der Waals surface area (Å²) in [7, 11) is -3.66. The Labute approximate surface area is 206 Å². The number of benzene rings is 3. The van der Waals surface area contributed by atoms with Gasteiger partial charge < -0.3 is 15.1 Å². The second-order valence-electron chi connectivity index (χ2n) is 8.76. The molecule has 0 spiro atoms. The number of carbonyl (C=O) groups excluding carboxylic acids is 2. The third-order valence-electron chi connectivity index (χ3n) is 5.93. The van der Waals surface area contributed by atoms with Crippen molar-refractivity contribution in [1.29, 1.82) is 0 Å². The molecule has 0 unspecified atom stereocenters.